The number of nitriles is 1. The van der Waals surface area contributed by atoms with Gasteiger partial charge in [-0.3, -0.25) is 0 Å². The summed E-state index contributed by atoms with van der Waals surface area (Å²) in [4.78, 5) is 0. The predicted molar refractivity (Wildman–Crippen MR) is 44.4 cm³/mol. The maximum absolute atomic E-state index is 9.66. The van der Waals surface area contributed by atoms with Crippen LogP contribution < -0.4 is 0 Å². The summed E-state index contributed by atoms with van der Waals surface area (Å²) >= 11 is 0. The predicted octanol–water partition coefficient (Wildman–Crippen LogP) is 1.08. The van der Waals surface area contributed by atoms with Gasteiger partial charge in [-0.15, -0.1) is 0 Å². The monoisotopic (exact) mass is 169 g/mol. The first-order chi connectivity index (χ1) is 5.57. The first-order valence-corrected chi connectivity index (χ1v) is 4.32. The van der Waals surface area contributed by atoms with Gasteiger partial charge in [0.2, 0.25) is 0 Å². The molecule has 2 atom stereocenters. The molecule has 3 heteroatoms. The van der Waals surface area contributed by atoms with Crippen LogP contribution in [0.1, 0.15) is 26.7 Å². The Morgan fingerprint density at radius 3 is 2.83 bits per heavy atom. The van der Waals surface area contributed by atoms with Gasteiger partial charge in [0, 0.05) is 12.8 Å². The molecule has 1 N–H and O–H groups in total. The second-order valence-electron chi connectivity index (χ2n) is 3.75. The molecule has 12 heavy (non-hydrogen) atoms. The van der Waals surface area contributed by atoms with Crippen LogP contribution in [0.3, 0.4) is 0 Å². The minimum absolute atomic E-state index is 0.0309. The second-order valence-corrected chi connectivity index (χ2v) is 3.75. The van der Waals surface area contributed by atoms with Crippen LogP contribution in [-0.4, -0.2) is 23.4 Å². The minimum atomic E-state index is -1.15. The Kier molecular flexibility index (Phi) is 2.71. The topological polar surface area (TPSA) is 53.2 Å². The zero-order valence-electron chi connectivity index (χ0n) is 7.58. The van der Waals surface area contributed by atoms with Crippen LogP contribution in [0.4, 0.5) is 0 Å². The van der Waals surface area contributed by atoms with Gasteiger partial charge in [-0.1, -0.05) is 13.8 Å². The van der Waals surface area contributed by atoms with Crippen LogP contribution in [0.2, 0.25) is 0 Å². The highest BCUT2D eigenvalue weighted by molar-refractivity contribution is 5.03. The minimum Gasteiger partial charge on any atom is -0.378 e. The van der Waals surface area contributed by atoms with E-state index in [2.05, 4.69) is 0 Å². The van der Waals surface area contributed by atoms with Gasteiger partial charge in [0.25, 0.3) is 0 Å². The zero-order valence-corrected chi connectivity index (χ0v) is 7.58. The Hall–Kier alpha value is -0.590. The van der Waals surface area contributed by atoms with Crippen molar-refractivity contribution >= 4 is 0 Å². The summed E-state index contributed by atoms with van der Waals surface area (Å²) in [6.07, 6.45) is 0.914. The molecule has 3 nitrogen and oxygen atoms in total. The molecule has 1 aliphatic heterocycles. The molecule has 0 aromatic heterocycles. The molecule has 1 fully saturated rings. The lowest BCUT2D eigenvalue weighted by Gasteiger charge is -2.33. The van der Waals surface area contributed by atoms with Gasteiger partial charge in [0.05, 0.1) is 18.8 Å². The van der Waals surface area contributed by atoms with Crippen molar-refractivity contribution in [1.82, 2.24) is 0 Å². The molecule has 68 valence electrons. The van der Waals surface area contributed by atoms with E-state index in [4.69, 9.17) is 10.00 Å². The summed E-state index contributed by atoms with van der Waals surface area (Å²) in [6.45, 7) is 4.56. The molecule has 1 rings (SSSR count). The Morgan fingerprint density at radius 2 is 2.33 bits per heavy atom. The fourth-order valence-corrected chi connectivity index (χ4v) is 1.40. The van der Waals surface area contributed by atoms with Gasteiger partial charge in [-0.05, 0) is 5.92 Å². The highest BCUT2D eigenvalue weighted by atomic mass is 16.5. The summed E-state index contributed by atoms with van der Waals surface area (Å²) in [5.41, 5.74) is -1.15. The molecule has 0 spiro atoms. The molecule has 1 saturated heterocycles. The van der Waals surface area contributed by atoms with E-state index >= 15 is 0 Å². The summed E-state index contributed by atoms with van der Waals surface area (Å²) in [6, 6.07) is 1.94. The summed E-state index contributed by atoms with van der Waals surface area (Å²) < 4.78 is 5.43. The van der Waals surface area contributed by atoms with Crippen molar-refractivity contribution in [2.24, 2.45) is 5.92 Å². The first kappa shape index (κ1) is 9.50. The zero-order chi connectivity index (χ0) is 9.19. The normalized spacial score (nSPS) is 36.4. The van der Waals surface area contributed by atoms with Crippen molar-refractivity contribution in [3.05, 3.63) is 0 Å². The molecule has 0 radical (unpaired) electrons. The molecular weight excluding hydrogens is 154 g/mol. The Morgan fingerprint density at radius 1 is 1.67 bits per heavy atom. The van der Waals surface area contributed by atoms with Gasteiger partial charge < -0.3 is 9.84 Å². The number of hydrogen-bond acceptors (Lipinski definition) is 3. The van der Waals surface area contributed by atoms with E-state index in [-0.39, 0.29) is 6.10 Å². The van der Waals surface area contributed by atoms with Gasteiger partial charge in [0.15, 0.2) is 5.60 Å². The van der Waals surface area contributed by atoms with Crippen LogP contribution in [-0.2, 0) is 4.74 Å². The number of ether oxygens (including phenoxy) is 1. The van der Waals surface area contributed by atoms with E-state index in [1.807, 2.05) is 19.9 Å². The molecule has 0 aliphatic carbocycles. The lowest BCUT2D eigenvalue weighted by molar-refractivity contribution is -0.0911. The Labute approximate surface area is 73.0 Å². The molecule has 0 aromatic carbocycles. The maximum atomic E-state index is 9.66. The van der Waals surface area contributed by atoms with Crippen LogP contribution in [0.5, 0.6) is 0 Å². The molecule has 0 aromatic rings. The van der Waals surface area contributed by atoms with Crippen LogP contribution in [0.15, 0.2) is 0 Å². The van der Waals surface area contributed by atoms with E-state index in [0.29, 0.717) is 25.4 Å². The summed E-state index contributed by atoms with van der Waals surface area (Å²) in [5.74, 6) is 0.366. The molecule has 0 amide bonds. The third-order valence-electron chi connectivity index (χ3n) is 2.34. The smallest absolute Gasteiger partial charge is 0.155 e. The van der Waals surface area contributed by atoms with E-state index in [0.717, 1.165) is 0 Å². The van der Waals surface area contributed by atoms with Gasteiger partial charge >= 0.3 is 0 Å². The molecular formula is C9H15NO2. The summed E-state index contributed by atoms with van der Waals surface area (Å²) in [5, 5.41) is 18.4. The van der Waals surface area contributed by atoms with Crippen molar-refractivity contribution in [2.45, 2.75) is 38.4 Å². The van der Waals surface area contributed by atoms with Gasteiger partial charge in [-0.2, -0.15) is 5.26 Å². The van der Waals surface area contributed by atoms with Crippen LogP contribution >= 0.6 is 0 Å². The van der Waals surface area contributed by atoms with E-state index in [9.17, 15) is 5.11 Å². The van der Waals surface area contributed by atoms with E-state index in [1.165, 1.54) is 0 Å². The number of hydrogen-bond donors (Lipinski definition) is 1. The summed E-state index contributed by atoms with van der Waals surface area (Å²) in [7, 11) is 0. The Bertz CT molecular complexity index is 197. The fourth-order valence-electron chi connectivity index (χ4n) is 1.40. The average molecular weight is 169 g/mol. The van der Waals surface area contributed by atoms with Crippen molar-refractivity contribution in [2.75, 3.05) is 6.61 Å². The molecule has 1 heterocycles. The standard InChI is InChI=1S/C9H15NO2/c1-7(2)8-5-9(11,6-10)3-4-12-8/h7-8,11H,3-5H2,1-2H3. The number of nitrogens with zero attached hydrogens (tertiary/aromatic N) is 1. The average Bonchev–Trinajstić information content (AvgIpc) is 2.05. The highest BCUT2D eigenvalue weighted by Gasteiger charge is 2.36. The van der Waals surface area contributed by atoms with Crippen LogP contribution in [0.25, 0.3) is 0 Å². The van der Waals surface area contributed by atoms with Crippen molar-refractivity contribution in [3.8, 4) is 6.07 Å². The van der Waals surface area contributed by atoms with Gasteiger partial charge in [0.1, 0.15) is 0 Å². The fraction of sp³-hybridized carbons (Fsp3) is 0.889. The molecule has 0 bridgehead atoms. The largest absolute Gasteiger partial charge is 0.378 e. The third-order valence-corrected chi connectivity index (χ3v) is 2.34. The first-order valence-electron chi connectivity index (χ1n) is 4.32. The van der Waals surface area contributed by atoms with Crippen LogP contribution in [0, 0.1) is 17.2 Å². The highest BCUT2D eigenvalue weighted by Crippen LogP contribution is 2.27. The lowest BCUT2D eigenvalue weighted by atomic mass is 9.87. The number of rotatable bonds is 1. The maximum Gasteiger partial charge on any atom is 0.155 e. The molecule has 0 saturated carbocycles. The van der Waals surface area contributed by atoms with E-state index < -0.39 is 5.60 Å². The van der Waals surface area contributed by atoms with Crippen molar-refractivity contribution < 1.29 is 9.84 Å². The molecule has 1 aliphatic rings. The van der Waals surface area contributed by atoms with Crippen molar-refractivity contribution in [1.29, 1.82) is 5.26 Å². The third kappa shape index (κ3) is 1.96. The van der Waals surface area contributed by atoms with Gasteiger partial charge in [-0.25, -0.2) is 0 Å². The SMILES string of the molecule is CC(C)C1CC(O)(C#N)CCO1. The number of aliphatic hydroxyl groups is 1. The van der Waals surface area contributed by atoms with Crippen molar-refractivity contribution in [3.63, 3.8) is 0 Å². The lowest BCUT2D eigenvalue weighted by Crippen LogP contribution is -2.41. The quantitative estimate of drug-likeness (QED) is 0.597. The van der Waals surface area contributed by atoms with E-state index in [1.54, 1.807) is 0 Å². The Balaban J connectivity index is 2.58. The molecule has 2 unspecified atom stereocenters. The second kappa shape index (κ2) is 3.42.